The molecular formula is C26H33N7. The molecule has 2 heterocycles. The molecule has 0 aliphatic carbocycles. The minimum Gasteiger partial charge on any atom is -0.245 e. The Morgan fingerprint density at radius 2 is 1.73 bits per heavy atom. The van der Waals surface area contributed by atoms with Crippen LogP contribution in [0.25, 0.3) is 11.4 Å². The van der Waals surface area contributed by atoms with Gasteiger partial charge in [-0.25, -0.2) is 14.8 Å². The maximum absolute atomic E-state index is 4.89. The first-order valence-corrected chi connectivity index (χ1v) is 11.9. The van der Waals surface area contributed by atoms with E-state index in [0.29, 0.717) is 17.7 Å². The van der Waals surface area contributed by atoms with Crippen LogP contribution in [0.1, 0.15) is 74.8 Å². The number of aryl methyl sites for hydroxylation is 1. The lowest BCUT2D eigenvalue weighted by Gasteiger charge is -2.11. The fourth-order valence-electron chi connectivity index (χ4n) is 3.92. The third-order valence-corrected chi connectivity index (χ3v) is 6.11. The van der Waals surface area contributed by atoms with E-state index in [1.807, 2.05) is 12.1 Å². The van der Waals surface area contributed by atoms with Crippen LogP contribution in [0.5, 0.6) is 0 Å². The number of nitrogens with one attached hydrogen (secondary N) is 1. The normalized spacial score (nSPS) is 12.4. The molecule has 0 saturated heterocycles. The largest absolute Gasteiger partial charge is 0.245 e. The van der Waals surface area contributed by atoms with Gasteiger partial charge in [0, 0.05) is 17.9 Å². The van der Waals surface area contributed by atoms with E-state index in [1.54, 1.807) is 0 Å². The molecule has 0 aliphatic rings. The van der Waals surface area contributed by atoms with Gasteiger partial charge in [0.15, 0.2) is 11.6 Å². The van der Waals surface area contributed by atoms with E-state index in [-0.39, 0.29) is 0 Å². The van der Waals surface area contributed by atoms with Crippen LogP contribution >= 0.6 is 0 Å². The van der Waals surface area contributed by atoms with Gasteiger partial charge in [0.2, 0.25) is 0 Å². The summed E-state index contributed by atoms with van der Waals surface area (Å²) in [5, 5.41) is 19.2. The Bertz CT molecular complexity index is 1140. The van der Waals surface area contributed by atoms with Gasteiger partial charge >= 0.3 is 0 Å². The van der Waals surface area contributed by atoms with Crippen molar-refractivity contribution in [2.24, 2.45) is 5.92 Å². The number of H-pyrrole nitrogens is 1. The molecule has 0 spiro atoms. The summed E-state index contributed by atoms with van der Waals surface area (Å²) in [7, 11) is 0. The number of benzene rings is 2. The average molecular weight is 444 g/mol. The number of tetrazole rings is 1. The predicted octanol–water partition coefficient (Wildman–Crippen LogP) is 5.20. The molecule has 33 heavy (non-hydrogen) atoms. The van der Waals surface area contributed by atoms with Gasteiger partial charge in [-0.2, -0.15) is 5.10 Å². The van der Waals surface area contributed by atoms with Crippen LogP contribution in [0, 0.1) is 5.92 Å². The number of aromatic nitrogens is 7. The molecule has 172 valence electrons. The Labute approximate surface area is 195 Å². The highest BCUT2D eigenvalue weighted by molar-refractivity contribution is 5.60. The monoisotopic (exact) mass is 443 g/mol. The van der Waals surface area contributed by atoms with Gasteiger partial charge in [0.1, 0.15) is 5.82 Å². The van der Waals surface area contributed by atoms with Crippen LogP contribution in [0.15, 0.2) is 48.5 Å². The van der Waals surface area contributed by atoms with Crippen molar-refractivity contribution in [3.63, 3.8) is 0 Å². The molecule has 0 amide bonds. The summed E-state index contributed by atoms with van der Waals surface area (Å²) >= 11 is 0. The van der Waals surface area contributed by atoms with Crippen molar-refractivity contribution in [1.29, 1.82) is 0 Å². The van der Waals surface area contributed by atoms with Crippen molar-refractivity contribution < 1.29 is 0 Å². The van der Waals surface area contributed by atoms with E-state index >= 15 is 0 Å². The summed E-state index contributed by atoms with van der Waals surface area (Å²) in [6.45, 7) is 9.68. The molecule has 4 rings (SSSR count). The molecule has 0 radical (unpaired) electrons. The van der Waals surface area contributed by atoms with Gasteiger partial charge in [-0.3, -0.25) is 0 Å². The smallest absolute Gasteiger partial charge is 0.179 e. The van der Waals surface area contributed by atoms with Gasteiger partial charge in [-0.1, -0.05) is 76.2 Å². The maximum atomic E-state index is 4.89. The molecule has 2 aromatic heterocycles. The molecule has 7 nitrogen and oxygen atoms in total. The molecular weight excluding hydrogens is 410 g/mol. The van der Waals surface area contributed by atoms with Crippen molar-refractivity contribution in [3.05, 3.63) is 76.9 Å². The topological polar surface area (TPSA) is 85.2 Å². The van der Waals surface area contributed by atoms with Gasteiger partial charge < -0.3 is 0 Å². The average Bonchev–Trinajstić information content (AvgIpc) is 3.49. The van der Waals surface area contributed by atoms with Crippen molar-refractivity contribution in [3.8, 4) is 11.4 Å². The van der Waals surface area contributed by atoms with Crippen LogP contribution in [0.2, 0.25) is 0 Å². The number of hydrogen-bond donors (Lipinski definition) is 1. The first kappa shape index (κ1) is 22.8. The van der Waals surface area contributed by atoms with E-state index in [0.717, 1.165) is 49.4 Å². The minimum atomic E-state index is 0.395. The summed E-state index contributed by atoms with van der Waals surface area (Å²) in [5.41, 5.74) is 4.70. The second kappa shape index (κ2) is 10.5. The molecule has 0 aliphatic heterocycles. The molecule has 1 atom stereocenters. The quantitative estimate of drug-likeness (QED) is 0.364. The van der Waals surface area contributed by atoms with E-state index < -0.39 is 0 Å². The standard InChI is InChI=1S/C26H33N7/c1-5-19(4)26-27-24(15-10-18(2)3)30-33(26)17-21-13-11-20(12-14-21)16-22-8-6-7-9-23(22)25-28-31-32-29-25/h6-9,11-14,18-19H,5,10,15-17H2,1-4H3,(H,28,29,31,32). The molecule has 0 bridgehead atoms. The first-order valence-electron chi connectivity index (χ1n) is 11.9. The highest BCUT2D eigenvalue weighted by atomic mass is 15.5. The van der Waals surface area contributed by atoms with Crippen molar-refractivity contribution in [1.82, 2.24) is 35.4 Å². The SMILES string of the molecule is CCC(C)c1nc(CCC(C)C)nn1Cc1ccc(Cc2ccccc2-c2nnn[nH]2)cc1. The molecule has 7 heteroatoms. The number of aromatic amines is 1. The van der Waals surface area contributed by atoms with Crippen molar-refractivity contribution >= 4 is 0 Å². The van der Waals surface area contributed by atoms with Gasteiger partial charge in [-0.15, -0.1) is 5.10 Å². The molecule has 4 aromatic rings. The Morgan fingerprint density at radius 1 is 0.970 bits per heavy atom. The lowest BCUT2D eigenvalue weighted by molar-refractivity contribution is 0.561. The number of hydrogen-bond acceptors (Lipinski definition) is 5. The third-order valence-electron chi connectivity index (χ3n) is 6.11. The van der Waals surface area contributed by atoms with Crippen molar-refractivity contribution in [2.45, 2.75) is 65.8 Å². The summed E-state index contributed by atoms with van der Waals surface area (Å²) in [4.78, 5) is 4.89. The van der Waals surface area contributed by atoms with Crippen LogP contribution in [0.4, 0.5) is 0 Å². The second-order valence-corrected chi connectivity index (χ2v) is 9.19. The minimum absolute atomic E-state index is 0.395. The van der Waals surface area contributed by atoms with Gasteiger partial charge in [-0.05, 0) is 52.3 Å². The Balaban J connectivity index is 1.50. The zero-order chi connectivity index (χ0) is 23.2. The Morgan fingerprint density at radius 3 is 2.42 bits per heavy atom. The van der Waals surface area contributed by atoms with Crippen LogP contribution in [0.3, 0.4) is 0 Å². The zero-order valence-corrected chi connectivity index (χ0v) is 20.0. The Kier molecular flexibility index (Phi) is 7.27. The van der Waals surface area contributed by atoms with E-state index in [2.05, 4.69) is 89.4 Å². The lowest BCUT2D eigenvalue weighted by Crippen LogP contribution is -2.09. The van der Waals surface area contributed by atoms with Crippen LogP contribution in [-0.4, -0.2) is 35.4 Å². The van der Waals surface area contributed by atoms with E-state index in [9.17, 15) is 0 Å². The highest BCUT2D eigenvalue weighted by Crippen LogP contribution is 2.23. The molecule has 1 N–H and O–H groups in total. The first-order chi connectivity index (χ1) is 16.0. The predicted molar refractivity (Wildman–Crippen MR) is 130 cm³/mol. The van der Waals surface area contributed by atoms with Gasteiger partial charge in [0.25, 0.3) is 0 Å². The molecule has 2 aromatic carbocycles. The van der Waals surface area contributed by atoms with E-state index in [1.165, 1.54) is 16.7 Å². The fraction of sp³-hybridized carbons (Fsp3) is 0.423. The summed E-state index contributed by atoms with van der Waals surface area (Å²) < 4.78 is 2.10. The molecule has 0 fully saturated rings. The molecule has 0 saturated carbocycles. The number of rotatable bonds is 10. The summed E-state index contributed by atoms with van der Waals surface area (Å²) in [6, 6.07) is 17.0. The van der Waals surface area contributed by atoms with Crippen molar-refractivity contribution in [2.75, 3.05) is 0 Å². The zero-order valence-electron chi connectivity index (χ0n) is 20.0. The second-order valence-electron chi connectivity index (χ2n) is 9.19. The van der Waals surface area contributed by atoms with Gasteiger partial charge in [0.05, 0.1) is 6.54 Å². The summed E-state index contributed by atoms with van der Waals surface area (Å²) in [5.74, 6) is 3.80. The Hall–Kier alpha value is -3.35. The summed E-state index contributed by atoms with van der Waals surface area (Å²) in [6.07, 6.45) is 3.93. The lowest BCUT2D eigenvalue weighted by atomic mass is 9.98. The third kappa shape index (κ3) is 5.72. The van der Waals surface area contributed by atoms with E-state index in [4.69, 9.17) is 10.1 Å². The molecule has 1 unspecified atom stereocenters. The van der Waals surface area contributed by atoms with Crippen LogP contribution < -0.4 is 0 Å². The maximum Gasteiger partial charge on any atom is 0.179 e. The number of nitrogens with zero attached hydrogens (tertiary/aromatic N) is 6. The fourth-order valence-corrected chi connectivity index (χ4v) is 3.92. The van der Waals surface area contributed by atoms with Crippen LogP contribution in [-0.2, 0) is 19.4 Å². The highest BCUT2D eigenvalue weighted by Gasteiger charge is 2.16.